The van der Waals surface area contributed by atoms with Crippen LogP contribution in [0.5, 0.6) is 0 Å². The first-order valence-electron chi connectivity index (χ1n) is 5.92. The van der Waals surface area contributed by atoms with Gasteiger partial charge in [-0.1, -0.05) is 39.8 Å². The third kappa shape index (κ3) is 3.07. The molecule has 0 radical (unpaired) electrons. The molecule has 0 heterocycles. The van der Waals surface area contributed by atoms with Crippen molar-refractivity contribution in [2.24, 2.45) is 0 Å². The quantitative estimate of drug-likeness (QED) is 0.777. The normalized spacial score (nSPS) is 12.1. The summed E-state index contributed by atoms with van der Waals surface area (Å²) >= 11 is 0. The van der Waals surface area contributed by atoms with Crippen LogP contribution in [0, 0.1) is 0 Å². The smallest absolute Gasteiger partial charge is 0.124 e. The van der Waals surface area contributed by atoms with E-state index in [0.717, 1.165) is 5.56 Å². The van der Waals surface area contributed by atoms with Crippen LogP contribution in [-0.2, 0) is 23.0 Å². The van der Waals surface area contributed by atoms with Crippen molar-refractivity contribution >= 4 is 10.1 Å². The minimum atomic E-state index is -4.38. The number of rotatable bonds is 4. The number of benzene rings is 1. The van der Waals surface area contributed by atoms with E-state index in [9.17, 15) is 13.0 Å². The highest BCUT2D eigenvalue weighted by atomic mass is 32.2. The van der Waals surface area contributed by atoms with Crippen LogP contribution < -0.4 is 0 Å². The molecular weight excluding hydrogens is 236 g/mol. The lowest BCUT2D eigenvalue weighted by molar-refractivity contribution is 0.461. The van der Waals surface area contributed by atoms with Gasteiger partial charge in [-0.15, -0.1) is 0 Å². The van der Waals surface area contributed by atoms with E-state index in [-0.39, 0.29) is 4.90 Å². The molecular formula is C13H19O3S-. The first-order valence-corrected chi connectivity index (χ1v) is 7.33. The van der Waals surface area contributed by atoms with Gasteiger partial charge in [-0.2, -0.15) is 0 Å². The lowest BCUT2D eigenvalue weighted by Gasteiger charge is -2.19. The Hall–Kier alpha value is -0.870. The summed E-state index contributed by atoms with van der Waals surface area (Å²) in [5.41, 5.74) is 2.37. The Morgan fingerprint density at radius 2 is 1.53 bits per heavy atom. The van der Waals surface area contributed by atoms with Crippen LogP contribution in [0.3, 0.4) is 0 Å². The molecule has 0 aliphatic heterocycles. The molecule has 0 aliphatic rings. The second kappa shape index (κ2) is 5.19. The van der Waals surface area contributed by atoms with Gasteiger partial charge in [0.05, 0.1) is 4.90 Å². The summed E-state index contributed by atoms with van der Waals surface area (Å²) < 4.78 is 34.0. The number of hydrogen-bond acceptors (Lipinski definition) is 3. The van der Waals surface area contributed by atoms with E-state index in [0.29, 0.717) is 29.9 Å². The Morgan fingerprint density at radius 3 is 1.76 bits per heavy atom. The molecule has 0 bridgehead atoms. The van der Waals surface area contributed by atoms with Gasteiger partial charge in [0.15, 0.2) is 0 Å². The van der Waals surface area contributed by atoms with Crippen LogP contribution in [0.1, 0.15) is 50.3 Å². The maximum Gasteiger partial charge on any atom is 0.124 e. The molecule has 96 valence electrons. The summed E-state index contributed by atoms with van der Waals surface area (Å²) in [6, 6.07) is 3.68. The molecule has 0 saturated heterocycles. The second-order valence-corrected chi connectivity index (χ2v) is 5.80. The van der Waals surface area contributed by atoms with Crippen molar-refractivity contribution in [1.29, 1.82) is 0 Å². The van der Waals surface area contributed by atoms with E-state index in [1.165, 1.54) is 0 Å². The average molecular weight is 255 g/mol. The molecule has 4 heteroatoms. The molecule has 0 spiro atoms. The summed E-state index contributed by atoms with van der Waals surface area (Å²) in [7, 11) is -4.38. The molecule has 0 amide bonds. The van der Waals surface area contributed by atoms with Crippen molar-refractivity contribution in [3.8, 4) is 0 Å². The van der Waals surface area contributed by atoms with Gasteiger partial charge in [0.1, 0.15) is 10.1 Å². The Labute approximate surface area is 104 Å². The van der Waals surface area contributed by atoms with Crippen LogP contribution in [-0.4, -0.2) is 13.0 Å². The van der Waals surface area contributed by atoms with E-state index < -0.39 is 10.1 Å². The highest BCUT2D eigenvalue weighted by molar-refractivity contribution is 7.85. The van der Waals surface area contributed by atoms with E-state index in [1.54, 1.807) is 0 Å². The van der Waals surface area contributed by atoms with Gasteiger partial charge < -0.3 is 4.55 Å². The third-order valence-corrected chi connectivity index (χ3v) is 3.97. The van der Waals surface area contributed by atoms with Gasteiger partial charge in [0.25, 0.3) is 0 Å². The Balaban J connectivity index is 3.59. The first-order chi connectivity index (χ1) is 7.81. The van der Waals surface area contributed by atoms with Gasteiger partial charge in [-0.25, -0.2) is 8.42 Å². The zero-order chi connectivity index (χ0) is 13.2. The fraction of sp³-hybridized carbons (Fsp3) is 0.538. The zero-order valence-corrected chi connectivity index (χ0v) is 11.6. The average Bonchev–Trinajstić information content (AvgIpc) is 2.25. The van der Waals surface area contributed by atoms with Crippen molar-refractivity contribution in [2.45, 2.75) is 51.3 Å². The Kier molecular flexibility index (Phi) is 4.33. The number of hydrogen-bond donors (Lipinski definition) is 0. The summed E-state index contributed by atoms with van der Waals surface area (Å²) in [6.45, 7) is 7.85. The fourth-order valence-electron chi connectivity index (χ4n) is 1.96. The predicted octanol–water partition coefficient (Wildman–Crippen LogP) is 2.84. The van der Waals surface area contributed by atoms with Gasteiger partial charge in [-0.3, -0.25) is 0 Å². The van der Waals surface area contributed by atoms with Crippen LogP contribution in [0.2, 0.25) is 0 Å². The van der Waals surface area contributed by atoms with Crippen molar-refractivity contribution in [3.63, 3.8) is 0 Å². The van der Waals surface area contributed by atoms with E-state index >= 15 is 0 Å². The lowest BCUT2D eigenvalue weighted by atomic mass is 9.96. The fourth-order valence-corrected chi connectivity index (χ4v) is 3.01. The van der Waals surface area contributed by atoms with Gasteiger partial charge >= 0.3 is 0 Å². The molecule has 0 N–H and O–H groups in total. The molecule has 0 fully saturated rings. The molecule has 1 rings (SSSR count). The summed E-state index contributed by atoms with van der Waals surface area (Å²) in [5.74, 6) is 0.328. The molecule has 17 heavy (non-hydrogen) atoms. The summed E-state index contributed by atoms with van der Waals surface area (Å²) in [6.07, 6.45) is 1.12. The van der Waals surface area contributed by atoms with Gasteiger partial charge in [-0.05, 0) is 35.4 Å². The topological polar surface area (TPSA) is 57.2 Å². The maximum absolute atomic E-state index is 11.3. The van der Waals surface area contributed by atoms with Crippen molar-refractivity contribution in [1.82, 2.24) is 0 Å². The minimum absolute atomic E-state index is 0.00750. The summed E-state index contributed by atoms with van der Waals surface area (Å²) in [4.78, 5) is -0.00750. The highest BCUT2D eigenvalue weighted by Crippen LogP contribution is 2.27. The number of aryl methyl sites for hydroxylation is 2. The van der Waals surface area contributed by atoms with Crippen molar-refractivity contribution in [2.75, 3.05) is 0 Å². The lowest BCUT2D eigenvalue weighted by Crippen LogP contribution is -2.09. The van der Waals surface area contributed by atoms with Crippen LogP contribution in [0.15, 0.2) is 17.0 Å². The van der Waals surface area contributed by atoms with Crippen molar-refractivity contribution in [3.05, 3.63) is 28.8 Å². The molecule has 1 aromatic rings. The predicted molar refractivity (Wildman–Crippen MR) is 67.3 cm³/mol. The molecule has 0 aromatic heterocycles. The van der Waals surface area contributed by atoms with Crippen LogP contribution in [0.4, 0.5) is 0 Å². The van der Waals surface area contributed by atoms with Crippen LogP contribution in [0.25, 0.3) is 0 Å². The summed E-state index contributed by atoms with van der Waals surface area (Å²) in [5, 5.41) is 0. The molecule has 0 unspecified atom stereocenters. The Morgan fingerprint density at radius 1 is 1.12 bits per heavy atom. The molecule has 0 saturated carbocycles. The van der Waals surface area contributed by atoms with Gasteiger partial charge in [0, 0.05) is 0 Å². The van der Waals surface area contributed by atoms with E-state index in [4.69, 9.17) is 0 Å². The third-order valence-electron chi connectivity index (χ3n) is 2.94. The molecule has 3 nitrogen and oxygen atoms in total. The highest BCUT2D eigenvalue weighted by Gasteiger charge is 2.15. The largest absolute Gasteiger partial charge is 0.744 e. The van der Waals surface area contributed by atoms with Crippen molar-refractivity contribution < 1.29 is 13.0 Å². The molecule has 0 aliphatic carbocycles. The van der Waals surface area contributed by atoms with Gasteiger partial charge in [0.2, 0.25) is 0 Å². The maximum atomic E-state index is 11.3. The van der Waals surface area contributed by atoms with E-state index in [2.05, 4.69) is 13.8 Å². The molecule has 1 aromatic carbocycles. The Bertz CT molecular complexity index is 476. The molecule has 0 atom stereocenters. The SMILES string of the molecule is CCc1cc(C(C)C)cc(CC)c1S(=O)(=O)[O-]. The second-order valence-electron chi connectivity index (χ2n) is 4.48. The van der Waals surface area contributed by atoms with Crippen LogP contribution >= 0.6 is 0 Å². The minimum Gasteiger partial charge on any atom is -0.744 e. The first kappa shape index (κ1) is 14.2. The standard InChI is InChI=1S/C13H20O3S/c1-5-10-7-12(9(3)4)8-11(6-2)13(10)17(14,15)16/h7-9H,5-6H2,1-4H3,(H,14,15,16)/p-1. The van der Waals surface area contributed by atoms with E-state index in [1.807, 2.05) is 26.0 Å². The zero-order valence-electron chi connectivity index (χ0n) is 10.8. The monoisotopic (exact) mass is 255 g/mol.